The average molecular weight is 326 g/mol. The molecule has 1 aliphatic carbocycles. The molecule has 0 spiro atoms. The van der Waals surface area contributed by atoms with Gasteiger partial charge in [-0.05, 0) is 25.0 Å². The Morgan fingerprint density at radius 2 is 2.00 bits per heavy atom. The van der Waals surface area contributed by atoms with Gasteiger partial charge in [-0.15, -0.1) is 0 Å². The molecule has 0 saturated heterocycles. The van der Waals surface area contributed by atoms with Gasteiger partial charge in [0.05, 0.1) is 0 Å². The van der Waals surface area contributed by atoms with Crippen LogP contribution in [0.25, 0.3) is 0 Å². The summed E-state index contributed by atoms with van der Waals surface area (Å²) in [6.07, 6.45) is 2.88. The minimum Gasteiger partial charge on any atom is -0.479 e. The largest absolute Gasteiger partial charge is 0.479 e. The highest BCUT2D eigenvalue weighted by Crippen LogP contribution is 2.29. The van der Waals surface area contributed by atoms with E-state index in [1.807, 2.05) is 0 Å². The number of carboxylic acid groups (broad SMARTS) is 2. The molecule has 0 aromatic carbocycles. The maximum atomic E-state index is 12.1. The zero-order valence-electron chi connectivity index (χ0n) is 13.2. The lowest BCUT2D eigenvalue weighted by Crippen LogP contribution is -2.57. The second-order valence-electron chi connectivity index (χ2n) is 5.83. The molecule has 1 unspecified atom stereocenters. The highest BCUT2D eigenvalue weighted by Gasteiger charge is 2.46. The summed E-state index contributed by atoms with van der Waals surface area (Å²) in [5.74, 6) is -2.19. The molecule has 0 saturated carbocycles. The lowest BCUT2D eigenvalue weighted by atomic mass is 9.87. The van der Waals surface area contributed by atoms with Crippen molar-refractivity contribution in [2.24, 2.45) is 5.73 Å². The Morgan fingerprint density at radius 3 is 2.39 bits per heavy atom. The monoisotopic (exact) mass is 326 g/mol. The molecule has 1 rings (SSSR count). The minimum absolute atomic E-state index is 0.0629. The number of hydrogen-bond acceptors (Lipinski definition) is 5. The highest BCUT2D eigenvalue weighted by molar-refractivity contribution is 5.98. The van der Waals surface area contributed by atoms with Gasteiger partial charge in [-0.1, -0.05) is 19.1 Å². The molecule has 0 fully saturated rings. The lowest BCUT2D eigenvalue weighted by molar-refractivity contribution is -0.155. The molecule has 0 aromatic heterocycles. The van der Waals surface area contributed by atoms with Gasteiger partial charge in [0.1, 0.15) is 5.72 Å². The third kappa shape index (κ3) is 4.40. The Morgan fingerprint density at radius 1 is 1.39 bits per heavy atom. The molecule has 0 bridgehead atoms. The van der Waals surface area contributed by atoms with Crippen LogP contribution in [0.1, 0.15) is 39.5 Å². The fourth-order valence-corrected chi connectivity index (χ4v) is 2.38. The molecule has 0 radical (unpaired) electrons. The third-order valence-electron chi connectivity index (χ3n) is 3.68. The molecule has 0 aromatic rings. The Labute approximate surface area is 133 Å². The number of nitrogens with two attached hydrogens (primary N) is 1. The van der Waals surface area contributed by atoms with Gasteiger partial charge in [0.2, 0.25) is 5.91 Å². The van der Waals surface area contributed by atoms with E-state index in [9.17, 15) is 29.7 Å². The van der Waals surface area contributed by atoms with E-state index < -0.39 is 29.2 Å². The van der Waals surface area contributed by atoms with Gasteiger partial charge in [-0.2, -0.15) is 0 Å². The molecule has 2 amide bonds. The maximum Gasteiger partial charge on any atom is 0.415 e. The van der Waals surface area contributed by atoms with E-state index in [-0.39, 0.29) is 19.3 Å². The summed E-state index contributed by atoms with van der Waals surface area (Å²) >= 11 is 0. The van der Waals surface area contributed by atoms with Crippen LogP contribution >= 0.6 is 0 Å². The first-order valence-electron chi connectivity index (χ1n) is 7.22. The van der Waals surface area contributed by atoms with E-state index in [2.05, 4.69) is 0 Å². The molecule has 8 nitrogen and oxygen atoms in total. The van der Waals surface area contributed by atoms with Crippen molar-refractivity contribution in [1.82, 2.24) is 4.90 Å². The number of aliphatic carboxylic acids is 1. The number of nitrogens with zero attached hydrogens (tertiary/aromatic N) is 1. The first kappa shape index (κ1) is 18.9. The molecule has 23 heavy (non-hydrogen) atoms. The maximum absolute atomic E-state index is 12.1. The number of aliphatic hydroxyl groups is 1. The van der Waals surface area contributed by atoms with Crippen LogP contribution < -0.4 is 5.73 Å². The molecule has 2 atom stereocenters. The minimum atomic E-state index is -1.95. The van der Waals surface area contributed by atoms with Gasteiger partial charge in [0, 0.05) is 19.3 Å². The van der Waals surface area contributed by atoms with Crippen molar-refractivity contribution in [3.63, 3.8) is 0 Å². The smallest absolute Gasteiger partial charge is 0.415 e. The summed E-state index contributed by atoms with van der Waals surface area (Å²) in [6.45, 7) is 2.89. The first-order chi connectivity index (χ1) is 10.5. The van der Waals surface area contributed by atoms with Crippen LogP contribution in [0.5, 0.6) is 0 Å². The number of carbonyl (C=O) groups is 3. The Hall–Kier alpha value is -2.19. The molecule has 1 aliphatic rings. The topological polar surface area (TPSA) is 141 Å². The van der Waals surface area contributed by atoms with Crippen LogP contribution in [-0.4, -0.2) is 49.5 Å². The first-order valence-corrected chi connectivity index (χ1v) is 7.22. The van der Waals surface area contributed by atoms with E-state index in [0.29, 0.717) is 16.9 Å². The molecular formula is C15H22N2O6. The van der Waals surface area contributed by atoms with Crippen LogP contribution in [0.15, 0.2) is 23.8 Å². The molecule has 0 heterocycles. The summed E-state index contributed by atoms with van der Waals surface area (Å²) in [7, 11) is 0. The molecular weight excluding hydrogens is 304 g/mol. The van der Waals surface area contributed by atoms with Crippen LogP contribution in [0.3, 0.4) is 0 Å². The highest BCUT2D eigenvalue weighted by atomic mass is 16.4. The Kier molecular flexibility index (Phi) is 5.68. The quantitative estimate of drug-likeness (QED) is 0.535. The number of carbonyl (C=O) groups excluding carboxylic acids is 1. The summed E-state index contributed by atoms with van der Waals surface area (Å²) in [5, 5.41) is 28.5. The number of hydrogen-bond donors (Lipinski definition) is 4. The van der Waals surface area contributed by atoms with E-state index in [0.717, 1.165) is 0 Å². The second kappa shape index (κ2) is 6.93. The summed E-state index contributed by atoms with van der Waals surface area (Å²) in [4.78, 5) is 35.6. The van der Waals surface area contributed by atoms with Crippen LogP contribution in [-0.2, 0) is 9.59 Å². The van der Waals surface area contributed by atoms with Crippen LogP contribution in [0.2, 0.25) is 0 Å². The van der Waals surface area contributed by atoms with Crippen molar-refractivity contribution >= 4 is 18.0 Å². The number of imide groups is 1. The number of amides is 2. The third-order valence-corrected chi connectivity index (χ3v) is 3.68. The number of allylic oxidation sites excluding steroid dienone is 1. The van der Waals surface area contributed by atoms with Gasteiger partial charge in [-0.3, -0.25) is 4.79 Å². The molecule has 128 valence electrons. The fourth-order valence-electron chi connectivity index (χ4n) is 2.38. The molecule has 0 aliphatic heterocycles. The summed E-state index contributed by atoms with van der Waals surface area (Å²) < 4.78 is 0. The molecule has 8 heteroatoms. The normalized spacial score (nSPS) is 22.9. The van der Waals surface area contributed by atoms with Crippen molar-refractivity contribution in [2.75, 3.05) is 0 Å². The van der Waals surface area contributed by atoms with Crippen LogP contribution in [0.4, 0.5) is 4.79 Å². The van der Waals surface area contributed by atoms with E-state index in [1.165, 1.54) is 25.2 Å². The Bertz CT molecular complexity index is 566. The summed E-state index contributed by atoms with van der Waals surface area (Å²) in [5.41, 5.74) is 2.54. The fraction of sp³-hybridized carbons (Fsp3) is 0.533. The predicted octanol–water partition coefficient (Wildman–Crippen LogP) is 1.06. The molecule has 5 N–H and O–H groups in total. The van der Waals surface area contributed by atoms with Gasteiger partial charge in [0.25, 0.3) is 0 Å². The van der Waals surface area contributed by atoms with E-state index in [4.69, 9.17) is 5.73 Å². The van der Waals surface area contributed by atoms with E-state index in [1.54, 1.807) is 6.92 Å². The van der Waals surface area contributed by atoms with Gasteiger partial charge < -0.3 is 21.1 Å². The predicted molar refractivity (Wildman–Crippen MR) is 81.4 cm³/mol. The van der Waals surface area contributed by atoms with E-state index >= 15 is 0 Å². The lowest BCUT2D eigenvalue weighted by Gasteiger charge is -2.35. The standard InChI is InChI=1S/C15H22N2O6/c1-3-4-11(18)17(13(21)22)14(2,12(19)20)9-10-5-7-15(16,23)8-6-10/h5-7,23H,3-4,8-9,16H2,1-2H3,(H,19,20)(H,21,22)/t14-,15?/m0/s1. The summed E-state index contributed by atoms with van der Waals surface area (Å²) in [6, 6.07) is 0. The van der Waals surface area contributed by atoms with Gasteiger partial charge in [0.15, 0.2) is 5.54 Å². The van der Waals surface area contributed by atoms with Crippen molar-refractivity contribution < 1.29 is 29.7 Å². The zero-order valence-corrected chi connectivity index (χ0v) is 13.2. The van der Waals surface area contributed by atoms with Gasteiger partial charge >= 0.3 is 12.1 Å². The second-order valence-corrected chi connectivity index (χ2v) is 5.83. The average Bonchev–Trinajstić information content (AvgIpc) is 2.41. The Balaban J connectivity index is 3.13. The number of rotatable bonds is 6. The van der Waals surface area contributed by atoms with Crippen molar-refractivity contribution in [2.45, 2.75) is 50.8 Å². The van der Waals surface area contributed by atoms with Crippen molar-refractivity contribution in [3.8, 4) is 0 Å². The van der Waals surface area contributed by atoms with Crippen LogP contribution in [0, 0.1) is 0 Å². The van der Waals surface area contributed by atoms with Crippen molar-refractivity contribution in [3.05, 3.63) is 23.8 Å². The number of carboxylic acids is 1. The SMILES string of the molecule is CCCC(=O)N(C(=O)O)[C@@](C)(CC1=CCC(N)(O)C=C1)C(=O)O. The zero-order chi connectivity index (χ0) is 17.8. The van der Waals surface area contributed by atoms with Gasteiger partial charge in [-0.25, -0.2) is 14.5 Å². The van der Waals surface area contributed by atoms with Crippen molar-refractivity contribution in [1.29, 1.82) is 0 Å².